The second-order valence-electron chi connectivity index (χ2n) is 14.0. The van der Waals surface area contributed by atoms with Crippen molar-refractivity contribution in [1.29, 1.82) is 0 Å². The molecule has 0 radical (unpaired) electrons. The Hall–Kier alpha value is -5.16. The average molecular weight is 633 g/mol. The van der Waals surface area contributed by atoms with Gasteiger partial charge in [0.2, 0.25) is 0 Å². The lowest BCUT2D eigenvalue weighted by atomic mass is 9.81. The molecule has 3 aromatic heterocycles. The first-order chi connectivity index (χ1) is 23.2. The van der Waals surface area contributed by atoms with E-state index in [0.29, 0.717) is 17.8 Å². The third-order valence-corrected chi connectivity index (χ3v) is 9.16. The predicted molar refractivity (Wildman–Crippen MR) is 199 cm³/mol. The molecule has 0 bridgehead atoms. The Bertz CT molecular complexity index is 2250. The summed E-state index contributed by atoms with van der Waals surface area (Å²) in [5.41, 5.74) is 11.0. The third kappa shape index (κ3) is 5.90. The highest BCUT2D eigenvalue weighted by Crippen LogP contribution is 2.40. The molecule has 0 saturated carbocycles. The highest BCUT2D eigenvalue weighted by molar-refractivity contribution is 6.09. The zero-order valence-electron chi connectivity index (χ0n) is 29.0. The first-order valence-electron chi connectivity index (χ1n) is 17.1. The van der Waals surface area contributed by atoms with E-state index in [1.165, 1.54) is 33.2 Å². The van der Waals surface area contributed by atoms with Gasteiger partial charge in [0.05, 0.1) is 22.9 Å². The molecule has 3 heterocycles. The maximum Gasteiger partial charge on any atom is 0.137 e. The SMILES string of the molecule is Cc1ccnc(-n2c3ccccc3c3ccc(Oc4cccc(-n5cc(-c6c(C(C)C)ccc(CC(C)C)c6C(C)C)cn5)c4)cc32)c1. The Balaban J connectivity index is 1.25. The Labute approximate surface area is 283 Å². The number of rotatable bonds is 9. The number of hydrogen-bond acceptors (Lipinski definition) is 3. The zero-order chi connectivity index (χ0) is 33.5. The zero-order valence-corrected chi connectivity index (χ0v) is 29.0. The molecule has 5 nitrogen and oxygen atoms in total. The van der Waals surface area contributed by atoms with Gasteiger partial charge in [0, 0.05) is 40.9 Å². The molecule has 0 spiro atoms. The number of nitrogens with zero attached hydrogens (tertiary/aromatic N) is 4. The van der Waals surface area contributed by atoms with Crippen molar-refractivity contribution in [2.45, 2.75) is 66.7 Å². The van der Waals surface area contributed by atoms with Crippen molar-refractivity contribution in [2.75, 3.05) is 0 Å². The number of ether oxygens (including phenoxy) is 1. The first kappa shape index (κ1) is 31.4. The van der Waals surface area contributed by atoms with Crippen LogP contribution in [0.25, 0.3) is 44.4 Å². The number of fused-ring (bicyclic) bond motifs is 3. The summed E-state index contributed by atoms with van der Waals surface area (Å²) in [6.07, 6.45) is 7.13. The van der Waals surface area contributed by atoms with E-state index in [2.05, 4.69) is 126 Å². The summed E-state index contributed by atoms with van der Waals surface area (Å²) in [6.45, 7) is 15.9. The molecule has 0 unspecified atom stereocenters. The lowest BCUT2D eigenvalue weighted by Crippen LogP contribution is -2.06. The van der Waals surface area contributed by atoms with Gasteiger partial charge in [0.1, 0.15) is 17.3 Å². The molecule has 0 fully saturated rings. The molecular formula is C43H44N4O. The number of aromatic nitrogens is 4. The lowest BCUT2D eigenvalue weighted by molar-refractivity contribution is 0.483. The van der Waals surface area contributed by atoms with Crippen LogP contribution < -0.4 is 4.74 Å². The number of hydrogen-bond donors (Lipinski definition) is 0. The second-order valence-corrected chi connectivity index (χ2v) is 14.0. The van der Waals surface area contributed by atoms with E-state index in [-0.39, 0.29) is 0 Å². The van der Waals surface area contributed by atoms with Crippen LogP contribution in [-0.4, -0.2) is 19.3 Å². The van der Waals surface area contributed by atoms with Gasteiger partial charge in [0.25, 0.3) is 0 Å². The minimum Gasteiger partial charge on any atom is -0.457 e. The third-order valence-electron chi connectivity index (χ3n) is 9.16. The van der Waals surface area contributed by atoms with Gasteiger partial charge in [-0.05, 0) is 101 Å². The Morgan fingerprint density at radius 1 is 0.729 bits per heavy atom. The molecule has 0 amide bonds. The van der Waals surface area contributed by atoms with E-state index in [1.54, 1.807) is 0 Å². The molecule has 0 aliphatic heterocycles. The van der Waals surface area contributed by atoms with Gasteiger partial charge in [0.15, 0.2) is 0 Å². The van der Waals surface area contributed by atoms with Gasteiger partial charge >= 0.3 is 0 Å². The monoisotopic (exact) mass is 632 g/mol. The average Bonchev–Trinajstić information content (AvgIpc) is 3.67. The topological polar surface area (TPSA) is 44.9 Å². The van der Waals surface area contributed by atoms with E-state index in [9.17, 15) is 0 Å². The van der Waals surface area contributed by atoms with E-state index in [4.69, 9.17) is 14.8 Å². The lowest BCUT2D eigenvalue weighted by Gasteiger charge is -2.23. The van der Waals surface area contributed by atoms with Crippen LogP contribution in [0.1, 0.15) is 75.6 Å². The quantitative estimate of drug-likeness (QED) is 0.159. The van der Waals surface area contributed by atoms with Gasteiger partial charge in [-0.3, -0.25) is 4.57 Å². The smallest absolute Gasteiger partial charge is 0.137 e. The van der Waals surface area contributed by atoms with Crippen LogP contribution in [0.15, 0.2) is 110 Å². The molecule has 0 aliphatic rings. The number of benzene rings is 4. The van der Waals surface area contributed by atoms with Gasteiger partial charge < -0.3 is 4.74 Å². The van der Waals surface area contributed by atoms with Gasteiger partial charge in [-0.1, -0.05) is 77.9 Å². The van der Waals surface area contributed by atoms with Gasteiger partial charge in [-0.2, -0.15) is 5.10 Å². The van der Waals surface area contributed by atoms with Gasteiger partial charge in [-0.15, -0.1) is 0 Å². The van der Waals surface area contributed by atoms with Crippen molar-refractivity contribution in [3.8, 4) is 34.1 Å². The van der Waals surface area contributed by atoms with Crippen molar-refractivity contribution in [1.82, 2.24) is 19.3 Å². The Morgan fingerprint density at radius 3 is 2.29 bits per heavy atom. The summed E-state index contributed by atoms with van der Waals surface area (Å²) in [4.78, 5) is 4.72. The Kier molecular flexibility index (Phi) is 8.38. The van der Waals surface area contributed by atoms with E-state index >= 15 is 0 Å². The summed E-state index contributed by atoms with van der Waals surface area (Å²) >= 11 is 0. The molecule has 0 atom stereocenters. The number of pyridine rings is 1. The van der Waals surface area contributed by atoms with Crippen molar-refractivity contribution in [3.63, 3.8) is 0 Å². The fourth-order valence-corrected chi connectivity index (χ4v) is 7.08. The molecule has 0 saturated heterocycles. The van der Waals surface area contributed by atoms with E-state index in [1.807, 2.05) is 41.3 Å². The first-order valence-corrected chi connectivity index (χ1v) is 17.1. The van der Waals surface area contributed by atoms with Crippen LogP contribution in [0, 0.1) is 12.8 Å². The molecule has 0 N–H and O–H groups in total. The highest BCUT2D eigenvalue weighted by atomic mass is 16.5. The fourth-order valence-electron chi connectivity index (χ4n) is 7.08. The van der Waals surface area contributed by atoms with Crippen LogP contribution >= 0.6 is 0 Å². The van der Waals surface area contributed by atoms with E-state index < -0.39 is 0 Å². The maximum absolute atomic E-state index is 6.53. The molecule has 0 aliphatic carbocycles. The summed E-state index contributed by atoms with van der Waals surface area (Å²) in [5.74, 6) is 3.82. The van der Waals surface area contributed by atoms with Crippen LogP contribution in [0.2, 0.25) is 0 Å². The predicted octanol–water partition coefficient (Wildman–Crippen LogP) is 11.6. The van der Waals surface area contributed by atoms with Crippen LogP contribution in [0.5, 0.6) is 11.5 Å². The second kappa shape index (κ2) is 12.8. The normalized spacial score (nSPS) is 11.9. The van der Waals surface area contributed by atoms with Crippen molar-refractivity contribution < 1.29 is 4.74 Å². The molecule has 7 aromatic rings. The number of aryl methyl sites for hydroxylation is 1. The molecule has 7 rings (SSSR count). The van der Waals surface area contributed by atoms with Crippen molar-refractivity contribution >= 4 is 21.8 Å². The molecular weight excluding hydrogens is 589 g/mol. The molecule has 5 heteroatoms. The van der Waals surface area contributed by atoms with Crippen LogP contribution in [-0.2, 0) is 6.42 Å². The van der Waals surface area contributed by atoms with Crippen molar-refractivity contribution in [3.05, 3.63) is 132 Å². The standard InChI is InChI=1S/C43H44N4O/c1-27(2)21-31-15-17-36(28(3)4)43(42(31)29(5)6)32-25-45-46(26-32)33-11-10-12-34(23-33)48-35-16-18-38-37-13-8-9-14-39(37)47(40(38)24-35)41-22-30(7)19-20-44-41/h8-20,22-29H,21H2,1-7H3. The minimum absolute atomic E-state index is 0.406. The van der Waals surface area contributed by atoms with E-state index in [0.717, 1.165) is 51.4 Å². The Morgan fingerprint density at radius 2 is 1.52 bits per heavy atom. The summed E-state index contributed by atoms with van der Waals surface area (Å²) in [6, 6.07) is 31.8. The maximum atomic E-state index is 6.53. The van der Waals surface area contributed by atoms with Crippen LogP contribution in [0.4, 0.5) is 0 Å². The highest BCUT2D eigenvalue weighted by Gasteiger charge is 2.21. The molecule has 242 valence electrons. The summed E-state index contributed by atoms with van der Waals surface area (Å²) in [7, 11) is 0. The molecule has 4 aromatic carbocycles. The number of para-hydroxylation sites is 1. The minimum atomic E-state index is 0.406. The molecule has 48 heavy (non-hydrogen) atoms. The van der Waals surface area contributed by atoms with Crippen LogP contribution in [0.3, 0.4) is 0 Å². The largest absolute Gasteiger partial charge is 0.457 e. The summed E-state index contributed by atoms with van der Waals surface area (Å²) < 4.78 is 10.7. The summed E-state index contributed by atoms with van der Waals surface area (Å²) in [5, 5.41) is 7.23. The fraction of sp³-hybridized carbons (Fsp3) is 0.256. The van der Waals surface area contributed by atoms with Crippen molar-refractivity contribution in [2.24, 2.45) is 5.92 Å². The van der Waals surface area contributed by atoms with Gasteiger partial charge in [-0.25, -0.2) is 9.67 Å².